The molecule has 0 spiro atoms. The number of carbonyl (C=O) groups is 1. The van der Waals surface area contributed by atoms with Gasteiger partial charge in [0.2, 0.25) is 5.91 Å². The van der Waals surface area contributed by atoms with Gasteiger partial charge in [-0.05, 0) is 18.2 Å². The van der Waals surface area contributed by atoms with Crippen LogP contribution >= 0.6 is 11.8 Å². The molecule has 3 rings (SSSR count). The van der Waals surface area contributed by atoms with Crippen LogP contribution in [0.3, 0.4) is 0 Å². The average Bonchev–Trinajstić information content (AvgIpc) is 2.49. The van der Waals surface area contributed by atoms with Crippen LogP contribution in [0.15, 0.2) is 23.1 Å². The monoisotopic (exact) mass is 293 g/mol. The molecule has 0 bridgehead atoms. The Morgan fingerprint density at radius 2 is 2.10 bits per heavy atom. The molecule has 1 aromatic rings. The van der Waals surface area contributed by atoms with E-state index in [2.05, 4.69) is 4.90 Å². The summed E-state index contributed by atoms with van der Waals surface area (Å²) in [6, 6.07) is 5.92. The number of thioether (sulfide) groups is 1. The van der Waals surface area contributed by atoms with E-state index >= 15 is 0 Å². The van der Waals surface area contributed by atoms with Crippen molar-refractivity contribution in [2.75, 3.05) is 55.8 Å². The molecular formula is C14H19N3O2S. The number of nitrogen functional groups attached to an aromatic ring is 1. The zero-order valence-corrected chi connectivity index (χ0v) is 12.2. The van der Waals surface area contributed by atoms with E-state index in [1.807, 2.05) is 34.9 Å². The van der Waals surface area contributed by atoms with Crippen LogP contribution in [-0.2, 0) is 9.53 Å². The van der Waals surface area contributed by atoms with Crippen LogP contribution in [0.1, 0.15) is 0 Å². The summed E-state index contributed by atoms with van der Waals surface area (Å²) >= 11 is 1.82. The van der Waals surface area contributed by atoms with Crippen molar-refractivity contribution in [3.8, 4) is 0 Å². The summed E-state index contributed by atoms with van der Waals surface area (Å²) in [4.78, 5) is 17.6. The Kier molecular flexibility index (Phi) is 4.03. The van der Waals surface area contributed by atoms with Crippen LogP contribution in [0.25, 0.3) is 0 Å². The maximum Gasteiger partial charge on any atom is 0.242 e. The molecular weight excluding hydrogens is 274 g/mol. The van der Waals surface area contributed by atoms with Gasteiger partial charge >= 0.3 is 0 Å². The lowest BCUT2D eigenvalue weighted by Gasteiger charge is -2.33. The van der Waals surface area contributed by atoms with Gasteiger partial charge in [0, 0.05) is 36.0 Å². The second-order valence-corrected chi connectivity index (χ2v) is 6.13. The first-order valence-corrected chi connectivity index (χ1v) is 7.85. The normalized spacial score (nSPS) is 18.8. The first-order chi connectivity index (χ1) is 9.74. The molecule has 0 aliphatic carbocycles. The zero-order chi connectivity index (χ0) is 13.9. The van der Waals surface area contributed by atoms with Gasteiger partial charge in [-0.25, -0.2) is 0 Å². The summed E-state index contributed by atoms with van der Waals surface area (Å²) in [5.41, 5.74) is 7.70. The number of nitrogens with zero attached hydrogens (tertiary/aromatic N) is 2. The molecule has 108 valence electrons. The minimum Gasteiger partial charge on any atom is -0.399 e. The lowest BCUT2D eigenvalue weighted by Crippen LogP contribution is -2.46. The Hall–Kier alpha value is -1.40. The third kappa shape index (κ3) is 2.86. The summed E-state index contributed by atoms with van der Waals surface area (Å²) in [6.07, 6.45) is 0. The number of rotatable bonds is 2. The summed E-state index contributed by atoms with van der Waals surface area (Å²) in [5.74, 6) is 1.18. The molecule has 0 radical (unpaired) electrons. The van der Waals surface area contributed by atoms with Gasteiger partial charge in [0.15, 0.2) is 0 Å². The summed E-state index contributed by atoms with van der Waals surface area (Å²) in [5, 5.41) is 0. The van der Waals surface area contributed by atoms with Gasteiger partial charge in [0.1, 0.15) is 0 Å². The molecule has 6 heteroatoms. The first kappa shape index (κ1) is 13.6. The summed E-state index contributed by atoms with van der Waals surface area (Å²) < 4.78 is 5.28. The van der Waals surface area contributed by atoms with Gasteiger partial charge in [0.05, 0.1) is 25.4 Å². The van der Waals surface area contributed by atoms with E-state index in [1.165, 1.54) is 4.90 Å². The van der Waals surface area contributed by atoms with E-state index in [0.29, 0.717) is 32.8 Å². The number of hydrogen-bond acceptors (Lipinski definition) is 5. The molecule has 1 saturated heterocycles. The molecule has 0 atom stereocenters. The highest BCUT2D eigenvalue weighted by atomic mass is 32.2. The molecule has 2 aliphatic rings. The van der Waals surface area contributed by atoms with Crippen LogP contribution in [0.2, 0.25) is 0 Å². The number of amides is 1. The summed E-state index contributed by atoms with van der Waals surface area (Å²) in [6.45, 7) is 4.00. The van der Waals surface area contributed by atoms with Crippen molar-refractivity contribution in [1.82, 2.24) is 4.90 Å². The second-order valence-electron chi connectivity index (χ2n) is 4.99. The number of ether oxygens (including phenoxy) is 1. The van der Waals surface area contributed by atoms with Crippen LogP contribution in [-0.4, -0.2) is 56.0 Å². The molecule has 1 fully saturated rings. The maximum absolute atomic E-state index is 12.4. The van der Waals surface area contributed by atoms with E-state index in [9.17, 15) is 4.79 Å². The number of nitrogens with two attached hydrogens (primary N) is 1. The van der Waals surface area contributed by atoms with E-state index in [1.54, 1.807) is 0 Å². The molecule has 2 N–H and O–H groups in total. The third-order valence-corrected chi connectivity index (χ3v) is 4.68. The third-order valence-electron chi connectivity index (χ3n) is 3.63. The standard InChI is InChI=1S/C14H19N3O2S/c15-11-1-2-13-12(9-11)17(5-8-20-13)10-14(18)16-3-6-19-7-4-16/h1-2,9H,3-8,10,15H2. The Morgan fingerprint density at radius 3 is 2.90 bits per heavy atom. The zero-order valence-electron chi connectivity index (χ0n) is 11.4. The van der Waals surface area contributed by atoms with Gasteiger partial charge < -0.3 is 20.3 Å². The van der Waals surface area contributed by atoms with Gasteiger partial charge in [0.25, 0.3) is 0 Å². The highest BCUT2D eigenvalue weighted by Crippen LogP contribution is 2.35. The molecule has 0 saturated carbocycles. The molecule has 1 aromatic carbocycles. The molecule has 5 nitrogen and oxygen atoms in total. The van der Waals surface area contributed by atoms with Crippen LogP contribution in [0.4, 0.5) is 11.4 Å². The van der Waals surface area contributed by atoms with Crippen LogP contribution in [0, 0.1) is 0 Å². The van der Waals surface area contributed by atoms with E-state index in [0.717, 1.165) is 23.7 Å². The van der Waals surface area contributed by atoms with Crippen molar-refractivity contribution < 1.29 is 9.53 Å². The predicted octanol–water partition coefficient (Wildman–Crippen LogP) is 1.04. The fraction of sp³-hybridized carbons (Fsp3) is 0.500. The fourth-order valence-electron chi connectivity index (χ4n) is 2.53. The molecule has 2 aliphatic heterocycles. The quantitative estimate of drug-likeness (QED) is 0.826. The Morgan fingerprint density at radius 1 is 1.30 bits per heavy atom. The van der Waals surface area contributed by atoms with Gasteiger partial charge in [-0.15, -0.1) is 11.8 Å². The minimum absolute atomic E-state index is 0.175. The van der Waals surface area contributed by atoms with Gasteiger partial charge in [-0.3, -0.25) is 4.79 Å². The first-order valence-electron chi connectivity index (χ1n) is 6.87. The van der Waals surface area contributed by atoms with Gasteiger partial charge in [-0.1, -0.05) is 0 Å². The largest absolute Gasteiger partial charge is 0.399 e. The number of carbonyl (C=O) groups excluding carboxylic acids is 1. The molecule has 0 aromatic heterocycles. The number of hydrogen-bond donors (Lipinski definition) is 1. The average molecular weight is 293 g/mol. The van der Waals surface area contributed by atoms with E-state index < -0.39 is 0 Å². The van der Waals surface area contributed by atoms with Crippen molar-refractivity contribution in [3.63, 3.8) is 0 Å². The minimum atomic E-state index is 0.175. The Bertz CT molecular complexity index is 503. The molecule has 0 unspecified atom stereocenters. The molecule has 2 heterocycles. The topological polar surface area (TPSA) is 58.8 Å². The highest BCUT2D eigenvalue weighted by Gasteiger charge is 2.23. The summed E-state index contributed by atoms with van der Waals surface area (Å²) in [7, 11) is 0. The number of fused-ring (bicyclic) bond motifs is 1. The smallest absolute Gasteiger partial charge is 0.242 e. The fourth-order valence-corrected chi connectivity index (χ4v) is 3.56. The molecule has 1 amide bonds. The van der Waals surface area contributed by atoms with Crippen LogP contribution in [0.5, 0.6) is 0 Å². The maximum atomic E-state index is 12.4. The van der Waals surface area contributed by atoms with Crippen molar-refractivity contribution in [3.05, 3.63) is 18.2 Å². The Labute approximate surface area is 123 Å². The Balaban J connectivity index is 1.72. The lowest BCUT2D eigenvalue weighted by molar-refractivity contribution is -0.133. The highest BCUT2D eigenvalue weighted by molar-refractivity contribution is 7.99. The van der Waals surface area contributed by atoms with Crippen LogP contribution < -0.4 is 10.6 Å². The van der Waals surface area contributed by atoms with E-state index in [4.69, 9.17) is 10.5 Å². The van der Waals surface area contributed by atoms with Crippen molar-refractivity contribution in [2.24, 2.45) is 0 Å². The lowest BCUT2D eigenvalue weighted by atomic mass is 10.2. The number of benzene rings is 1. The second kappa shape index (κ2) is 5.93. The number of anilines is 2. The van der Waals surface area contributed by atoms with Crippen molar-refractivity contribution in [1.29, 1.82) is 0 Å². The van der Waals surface area contributed by atoms with Crippen molar-refractivity contribution in [2.45, 2.75) is 4.90 Å². The SMILES string of the molecule is Nc1ccc2c(c1)N(CC(=O)N1CCOCC1)CCS2. The van der Waals surface area contributed by atoms with Gasteiger partial charge in [-0.2, -0.15) is 0 Å². The predicted molar refractivity (Wildman–Crippen MR) is 81.2 cm³/mol. The molecule has 20 heavy (non-hydrogen) atoms. The van der Waals surface area contributed by atoms with Crippen molar-refractivity contribution >= 4 is 29.0 Å². The van der Waals surface area contributed by atoms with E-state index in [-0.39, 0.29) is 5.91 Å². The number of morpholine rings is 1.